The average molecular weight is 270 g/mol. The van der Waals surface area contributed by atoms with Crippen molar-refractivity contribution < 1.29 is 5.11 Å². The normalized spacial score (nSPS) is 22.1. The van der Waals surface area contributed by atoms with E-state index in [4.69, 9.17) is 0 Å². The molecule has 0 amide bonds. The molecule has 15 heavy (non-hydrogen) atoms. The third-order valence-corrected chi connectivity index (χ3v) is 3.48. The molecule has 2 rings (SSSR count). The fourth-order valence-corrected chi connectivity index (χ4v) is 2.63. The van der Waals surface area contributed by atoms with Gasteiger partial charge in [0.05, 0.1) is 6.61 Å². The molecule has 3 heteroatoms. The largest absolute Gasteiger partial charge is 0.395 e. The molecule has 1 N–H and O–H groups in total. The molecule has 82 valence electrons. The maximum Gasteiger partial charge on any atom is 0.0587 e. The first-order valence-electron chi connectivity index (χ1n) is 5.39. The Kier molecular flexibility index (Phi) is 3.78. The molecule has 0 radical (unpaired) electrons. The van der Waals surface area contributed by atoms with Crippen LogP contribution in [0.5, 0.6) is 0 Å². The molecule has 1 aromatic carbocycles. The molecule has 1 fully saturated rings. The van der Waals surface area contributed by atoms with Crippen molar-refractivity contribution in [2.45, 2.75) is 25.4 Å². The molecule has 1 atom stereocenters. The van der Waals surface area contributed by atoms with Crippen LogP contribution in [-0.4, -0.2) is 29.2 Å². The maximum absolute atomic E-state index is 9.22. The number of hydrogen-bond acceptors (Lipinski definition) is 2. The topological polar surface area (TPSA) is 23.5 Å². The fraction of sp³-hybridized carbons (Fsp3) is 0.500. The minimum atomic E-state index is 0.286. The van der Waals surface area contributed by atoms with Crippen molar-refractivity contribution in [1.29, 1.82) is 0 Å². The smallest absolute Gasteiger partial charge is 0.0587 e. The Labute approximate surface area is 99.0 Å². The number of hydrogen-bond donors (Lipinski definition) is 1. The van der Waals surface area contributed by atoms with Crippen LogP contribution in [0.4, 0.5) is 0 Å². The zero-order valence-electron chi connectivity index (χ0n) is 8.69. The lowest BCUT2D eigenvalue weighted by Crippen LogP contribution is -2.31. The molecule has 1 aliphatic rings. The molecule has 0 spiro atoms. The predicted molar refractivity (Wildman–Crippen MR) is 64.7 cm³/mol. The number of rotatable bonds is 3. The van der Waals surface area contributed by atoms with Gasteiger partial charge in [0, 0.05) is 17.1 Å². The quantitative estimate of drug-likeness (QED) is 0.911. The standard InChI is InChI=1S/C12H16BrNO/c13-11-4-1-3-10(7-11)8-14-6-2-5-12(14)9-15/h1,3-4,7,12,15H,2,5-6,8-9H2. The number of aliphatic hydroxyl groups excluding tert-OH is 1. The highest BCUT2D eigenvalue weighted by Crippen LogP contribution is 2.20. The van der Waals surface area contributed by atoms with E-state index in [2.05, 4.69) is 39.0 Å². The first-order valence-corrected chi connectivity index (χ1v) is 6.18. The molecule has 1 unspecified atom stereocenters. The summed E-state index contributed by atoms with van der Waals surface area (Å²) in [6.45, 7) is 2.34. The molecule has 1 aliphatic heterocycles. The fourth-order valence-electron chi connectivity index (χ4n) is 2.18. The lowest BCUT2D eigenvalue weighted by Gasteiger charge is -2.22. The van der Waals surface area contributed by atoms with E-state index in [0.717, 1.165) is 24.0 Å². The van der Waals surface area contributed by atoms with E-state index >= 15 is 0 Å². The highest BCUT2D eigenvalue weighted by molar-refractivity contribution is 9.10. The highest BCUT2D eigenvalue weighted by atomic mass is 79.9. The summed E-state index contributed by atoms with van der Waals surface area (Å²) in [4.78, 5) is 2.36. The Morgan fingerprint density at radius 2 is 2.33 bits per heavy atom. The van der Waals surface area contributed by atoms with E-state index in [1.54, 1.807) is 0 Å². The predicted octanol–water partition coefficient (Wildman–Crippen LogP) is 2.41. The van der Waals surface area contributed by atoms with Gasteiger partial charge in [-0.3, -0.25) is 4.90 Å². The van der Waals surface area contributed by atoms with Gasteiger partial charge >= 0.3 is 0 Å². The monoisotopic (exact) mass is 269 g/mol. The van der Waals surface area contributed by atoms with Gasteiger partial charge in [-0.1, -0.05) is 28.1 Å². The van der Waals surface area contributed by atoms with Gasteiger partial charge in [0.15, 0.2) is 0 Å². The van der Waals surface area contributed by atoms with Crippen molar-refractivity contribution >= 4 is 15.9 Å². The second-order valence-electron chi connectivity index (χ2n) is 4.08. The molecule has 1 saturated heterocycles. The van der Waals surface area contributed by atoms with Crippen LogP contribution in [0.2, 0.25) is 0 Å². The summed E-state index contributed by atoms with van der Waals surface area (Å²) in [6, 6.07) is 8.74. The van der Waals surface area contributed by atoms with Crippen LogP contribution in [0.3, 0.4) is 0 Å². The Morgan fingerprint density at radius 1 is 1.47 bits per heavy atom. The first-order chi connectivity index (χ1) is 7.29. The average Bonchev–Trinajstić information content (AvgIpc) is 2.65. The number of halogens is 1. The minimum Gasteiger partial charge on any atom is -0.395 e. The van der Waals surface area contributed by atoms with Crippen LogP contribution < -0.4 is 0 Å². The van der Waals surface area contributed by atoms with Crippen LogP contribution in [0.25, 0.3) is 0 Å². The second-order valence-corrected chi connectivity index (χ2v) is 4.99. The lowest BCUT2D eigenvalue weighted by molar-refractivity contribution is 0.153. The second kappa shape index (κ2) is 5.10. The maximum atomic E-state index is 9.22. The van der Waals surface area contributed by atoms with Gasteiger partial charge in [0.2, 0.25) is 0 Å². The van der Waals surface area contributed by atoms with E-state index in [-0.39, 0.29) is 6.61 Å². The molecular formula is C12H16BrNO. The zero-order chi connectivity index (χ0) is 10.7. The molecule has 0 bridgehead atoms. The Bertz CT molecular complexity index is 329. The summed E-state index contributed by atoms with van der Waals surface area (Å²) < 4.78 is 1.12. The van der Waals surface area contributed by atoms with Gasteiger partial charge in [0.1, 0.15) is 0 Å². The van der Waals surface area contributed by atoms with E-state index in [0.29, 0.717) is 6.04 Å². The van der Waals surface area contributed by atoms with Gasteiger partial charge in [0.25, 0.3) is 0 Å². The van der Waals surface area contributed by atoms with Gasteiger partial charge in [-0.2, -0.15) is 0 Å². The molecule has 0 aromatic heterocycles. The van der Waals surface area contributed by atoms with Crippen molar-refractivity contribution in [1.82, 2.24) is 4.90 Å². The van der Waals surface area contributed by atoms with Gasteiger partial charge in [-0.15, -0.1) is 0 Å². The van der Waals surface area contributed by atoms with Crippen LogP contribution in [0.15, 0.2) is 28.7 Å². The summed E-state index contributed by atoms with van der Waals surface area (Å²) in [5.74, 6) is 0. The Morgan fingerprint density at radius 3 is 3.07 bits per heavy atom. The summed E-state index contributed by atoms with van der Waals surface area (Å²) in [5, 5.41) is 9.22. The van der Waals surface area contributed by atoms with Crippen LogP contribution in [0.1, 0.15) is 18.4 Å². The van der Waals surface area contributed by atoms with Gasteiger partial charge in [-0.25, -0.2) is 0 Å². The van der Waals surface area contributed by atoms with E-state index in [9.17, 15) is 5.11 Å². The van der Waals surface area contributed by atoms with E-state index in [1.807, 2.05) is 6.07 Å². The Balaban J connectivity index is 2.02. The molecule has 1 heterocycles. The number of aliphatic hydroxyl groups is 1. The zero-order valence-corrected chi connectivity index (χ0v) is 10.3. The minimum absolute atomic E-state index is 0.286. The van der Waals surface area contributed by atoms with E-state index < -0.39 is 0 Å². The summed E-state index contributed by atoms with van der Waals surface area (Å²) in [6.07, 6.45) is 2.34. The summed E-state index contributed by atoms with van der Waals surface area (Å²) >= 11 is 3.48. The third kappa shape index (κ3) is 2.80. The Hall–Kier alpha value is -0.380. The van der Waals surface area contributed by atoms with E-state index in [1.165, 1.54) is 12.0 Å². The van der Waals surface area contributed by atoms with Crippen molar-refractivity contribution in [3.8, 4) is 0 Å². The molecule has 1 aromatic rings. The lowest BCUT2D eigenvalue weighted by atomic mass is 10.2. The number of likely N-dealkylation sites (tertiary alicyclic amines) is 1. The summed E-state index contributed by atoms with van der Waals surface area (Å²) in [7, 11) is 0. The SMILES string of the molecule is OCC1CCCN1Cc1cccc(Br)c1. The molecule has 0 aliphatic carbocycles. The molecule has 0 saturated carbocycles. The summed E-state index contributed by atoms with van der Waals surface area (Å²) in [5.41, 5.74) is 1.31. The first kappa shape index (κ1) is 11.1. The number of nitrogens with zero attached hydrogens (tertiary/aromatic N) is 1. The molecular weight excluding hydrogens is 254 g/mol. The van der Waals surface area contributed by atoms with Crippen LogP contribution in [-0.2, 0) is 6.54 Å². The van der Waals surface area contributed by atoms with Crippen molar-refractivity contribution in [3.05, 3.63) is 34.3 Å². The van der Waals surface area contributed by atoms with Crippen LogP contribution >= 0.6 is 15.9 Å². The van der Waals surface area contributed by atoms with Crippen LogP contribution in [0, 0.1) is 0 Å². The van der Waals surface area contributed by atoms with Gasteiger partial charge in [-0.05, 0) is 37.1 Å². The van der Waals surface area contributed by atoms with Crippen molar-refractivity contribution in [2.24, 2.45) is 0 Å². The highest BCUT2D eigenvalue weighted by Gasteiger charge is 2.23. The number of benzene rings is 1. The van der Waals surface area contributed by atoms with Crippen molar-refractivity contribution in [3.63, 3.8) is 0 Å². The van der Waals surface area contributed by atoms with Crippen molar-refractivity contribution in [2.75, 3.05) is 13.2 Å². The molecule has 2 nitrogen and oxygen atoms in total. The van der Waals surface area contributed by atoms with Gasteiger partial charge < -0.3 is 5.11 Å². The third-order valence-electron chi connectivity index (χ3n) is 2.98.